The first kappa shape index (κ1) is 17.5. The Bertz CT molecular complexity index is 918. The second-order valence-electron chi connectivity index (χ2n) is 7.81. The number of carbonyl (C=O) groups excluding carboxylic acids is 2. The fourth-order valence-electron chi connectivity index (χ4n) is 4.10. The molecule has 0 aliphatic carbocycles. The van der Waals surface area contributed by atoms with E-state index in [9.17, 15) is 9.59 Å². The van der Waals surface area contributed by atoms with Gasteiger partial charge >= 0.3 is 0 Å². The molecule has 1 N–H and O–H groups in total. The number of rotatable bonds is 2. The van der Waals surface area contributed by atoms with E-state index < -0.39 is 0 Å². The molecule has 0 aromatic heterocycles. The monoisotopic (exact) mass is 361 g/mol. The van der Waals surface area contributed by atoms with Crippen LogP contribution in [0.1, 0.15) is 49.4 Å². The predicted octanol–water partition coefficient (Wildman–Crippen LogP) is 3.16. The van der Waals surface area contributed by atoms with Gasteiger partial charge in [-0.15, -0.1) is 0 Å². The number of hydrogen-bond donors (Lipinski definition) is 1. The quantitative estimate of drug-likeness (QED) is 0.893. The largest absolute Gasteiger partial charge is 0.326 e. The fraction of sp³-hybridized carbons (Fsp3) is 0.318. The van der Waals surface area contributed by atoms with Crippen molar-refractivity contribution >= 4 is 17.5 Å². The molecule has 1 unspecified atom stereocenters. The maximum Gasteiger partial charge on any atom is 0.270 e. The lowest BCUT2D eigenvalue weighted by Gasteiger charge is -2.45. The topological polar surface area (TPSA) is 61.8 Å². The van der Waals surface area contributed by atoms with Crippen LogP contribution in [0.25, 0.3) is 0 Å². The van der Waals surface area contributed by atoms with E-state index in [4.69, 9.17) is 0 Å². The van der Waals surface area contributed by atoms with Crippen molar-refractivity contribution in [3.05, 3.63) is 71.3 Å². The van der Waals surface area contributed by atoms with Gasteiger partial charge in [0, 0.05) is 24.8 Å². The van der Waals surface area contributed by atoms with Crippen LogP contribution in [0.3, 0.4) is 0 Å². The number of carbonyl (C=O) groups is 2. The van der Waals surface area contributed by atoms with Crippen molar-refractivity contribution in [1.82, 2.24) is 10.3 Å². The van der Waals surface area contributed by atoms with E-state index in [0.29, 0.717) is 25.1 Å². The molecular formula is C22H23N3O2. The first-order chi connectivity index (χ1) is 13.0. The summed E-state index contributed by atoms with van der Waals surface area (Å²) in [5.74, 6) is -0.248. The molecule has 0 radical (unpaired) electrons. The lowest BCUT2D eigenvalue weighted by Crippen LogP contribution is -2.51. The van der Waals surface area contributed by atoms with Gasteiger partial charge in [0.1, 0.15) is 5.71 Å². The first-order valence-electron chi connectivity index (χ1n) is 9.28. The van der Waals surface area contributed by atoms with Gasteiger partial charge in [-0.2, -0.15) is 5.10 Å². The van der Waals surface area contributed by atoms with E-state index in [1.807, 2.05) is 29.2 Å². The predicted molar refractivity (Wildman–Crippen MR) is 104 cm³/mol. The van der Waals surface area contributed by atoms with Crippen LogP contribution in [0.4, 0.5) is 0 Å². The summed E-state index contributed by atoms with van der Waals surface area (Å²) in [7, 11) is 0. The van der Waals surface area contributed by atoms with Crippen molar-refractivity contribution in [1.29, 1.82) is 0 Å². The Kier molecular flexibility index (Phi) is 4.30. The third kappa shape index (κ3) is 3.14. The molecule has 27 heavy (non-hydrogen) atoms. The third-order valence-corrected chi connectivity index (χ3v) is 5.39. The summed E-state index contributed by atoms with van der Waals surface area (Å²) in [6.45, 7) is 4.92. The molecule has 2 aromatic rings. The van der Waals surface area contributed by atoms with E-state index >= 15 is 0 Å². The van der Waals surface area contributed by atoms with E-state index in [2.05, 4.69) is 54.7 Å². The highest BCUT2D eigenvalue weighted by atomic mass is 16.2. The second-order valence-corrected chi connectivity index (χ2v) is 7.81. The molecule has 2 amide bonds. The van der Waals surface area contributed by atoms with Crippen molar-refractivity contribution in [3.63, 3.8) is 0 Å². The average Bonchev–Trinajstić information content (AvgIpc) is 2.68. The normalized spacial score (nSPS) is 21.1. The second kappa shape index (κ2) is 6.65. The van der Waals surface area contributed by atoms with Gasteiger partial charge in [0.15, 0.2) is 0 Å². The summed E-state index contributed by atoms with van der Waals surface area (Å²) in [5, 5.41) is 4.04. The Balaban J connectivity index is 1.82. The van der Waals surface area contributed by atoms with Crippen LogP contribution < -0.4 is 5.43 Å². The number of nitrogens with zero attached hydrogens (tertiary/aromatic N) is 2. The Morgan fingerprint density at radius 2 is 1.78 bits per heavy atom. The van der Waals surface area contributed by atoms with Crippen molar-refractivity contribution in [2.45, 2.75) is 38.1 Å². The molecule has 138 valence electrons. The molecule has 2 aliphatic heterocycles. The van der Waals surface area contributed by atoms with Crippen LogP contribution in [-0.2, 0) is 15.0 Å². The summed E-state index contributed by atoms with van der Waals surface area (Å²) < 4.78 is 0. The number of nitrogens with one attached hydrogen (secondary N) is 1. The van der Waals surface area contributed by atoms with Gasteiger partial charge in [-0.25, -0.2) is 5.43 Å². The standard InChI is InChI=1S/C22H23N3O2/c1-22(2)14-25(21(27)18-12-13-19(26)24-23-18)20(15-8-4-3-5-9-15)16-10-6-7-11-17(16)22/h3-11,20H,12-14H2,1-2H3,(H,24,26). The van der Waals surface area contributed by atoms with E-state index in [1.165, 1.54) is 5.56 Å². The lowest BCUT2D eigenvalue weighted by molar-refractivity contribution is -0.127. The third-order valence-electron chi connectivity index (χ3n) is 5.39. The molecule has 2 aromatic carbocycles. The molecule has 2 aliphatic rings. The molecule has 0 saturated carbocycles. The molecule has 0 bridgehead atoms. The number of benzene rings is 2. The van der Waals surface area contributed by atoms with Crippen LogP contribution in [0, 0.1) is 0 Å². The van der Waals surface area contributed by atoms with Gasteiger partial charge in [0.25, 0.3) is 5.91 Å². The zero-order valence-electron chi connectivity index (χ0n) is 15.6. The minimum atomic E-state index is -0.171. The van der Waals surface area contributed by atoms with Crippen molar-refractivity contribution in [2.75, 3.05) is 6.54 Å². The molecule has 2 heterocycles. The number of fused-ring (bicyclic) bond motifs is 1. The molecule has 5 heteroatoms. The van der Waals surface area contributed by atoms with Crippen LogP contribution >= 0.6 is 0 Å². The highest BCUT2D eigenvalue weighted by Gasteiger charge is 2.41. The summed E-state index contributed by atoms with van der Waals surface area (Å²) >= 11 is 0. The highest BCUT2D eigenvalue weighted by molar-refractivity contribution is 6.39. The molecule has 0 fully saturated rings. The molecule has 4 rings (SSSR count). The van der Waals surface area contributed by atoms with Gasteiger partial charge in [-0.05, 0) is 16.7 Å². The molecule has 5 nitrogen and oxygen atoms in total. The van der Waals surface area contributed by atoms with E-state index in [-0.39, 0.29) is 23.3 Å². The van der Waals surface area contributed by atoms with Crippen molar-refractivity contribution in [3.8, 4) is 0 Å². The van der Waals surface area contributed by atoms with E-state index in [0.717, 1.165) is 11.1 Å². The fourth-order valence-corrected chi connectivity index (χ4v) is 4.10. The summed E-state index contributed by atoms with van der Waals surface area (Å²) in [4.78, 5) is 26.7. The number of hydrogen-bond acceptors (Lipinski definition) is 3. The Labute approximate surface area is 159 Å². The first-order valence-corrected chi connectivity index (χ1v) is 9.28. The van der Waals surface area contributed by atoms with Crippen LogP contribution in [0.2, 0.25) is 0 Å². The Morgan fingerprint density at radius 1 is 1.07 bits per heavy atom. The summed E-state index contributed by atoms with van der Waals surface area (Å²) in [6.07, 6.45) is 0.680. The summed E-state index contributed by atoms with van der Waals surface area (Å²) in [5.41, 5.74) is 6.19. The average molecular weight is 361 g/mol. The maximum absolute atomic E-state index is 13.4. The molecular weight excluding hydrogens is 338 g/mol. The molecule has 0 saturated heterocycles. The minimum absolute atomic E-state index is 0.105. The number of amides is 2. The minimum Gasteiger partial charge on any atom is -0.326 e. The van der Waals surface area contributed by atoms with Gasteiger partial charge in [-0.3, -0.25) is 9.59 Å². The van der Waals surface area contributed by atoms with Crippen LogP contribution in [0.15, 0.2) is 59.7 Å². The summed E-state index contributed by atoms with van der Waals surface area (Å²) in [6, 6.07) is 18.3. The smallest absolute Gasteiger partial charge is 0.270 e. The molecule has 1 atom stereocenters. The van der Waals surface area contributed by atoms with Crippen LogP contribution in [0.5, 0.6) is 0 Å². The van der Waals surface area contributed by atoms with Crippen molar-refractivity contribution < 1.29 is 9.59 Å². The van der Waals surface area contributed by atoms with Gasteiger partial charge in [0.05, 0.1) is 6.04 Å². The Morgan fingerprint density at radius 3 is 2.48 bits per heavy atom. The van der Waals surface area contributed by atoms with Gasteiger partial charge in [0.2, 0.25) is 5.91 Å². The van der Waals surface area contributed by atoms with Gasteiger partial charge in [-0.1, -0.05) is 68.4 Å². The molecule has 0 spiro atoms. The SMILES string of the molecule is CC1(C)CN(C(=O)C2=NNC(=O)CC2)C(c2ccccc2)c2ccccc21. The lowest BCUT2D eigenvalue weighted by atomic mass is 9.74. The van der Waals surface area contributed by atoms with E-state index in [1.54, 1.807) is 0 Å². The van der Waals surface area contributed by atoms with Gasteiger partial charge < -0.3 is 4.90 Å². The zero-order chi connectivity index (χ0) is 19.0. The Hall–Kier alpha value is -2.95. The highest BCUT2D eigenvalue weighted by Crippen LogP contribution is 2.42. The number of hydrazone groups is 1. The zero-order valence-corrected chi connectivity index (χ0v) is 15.6. The maximum atomic E-state index is 13.4. The van der Waals surface area contributed by atoms with Crippen molar-refractivity contribution in [2.24, 2.45) is 5.10 Å². The van der Waals surface area contributed by atoms with Crippen LogP contribution in [-0.4, -0.2) is 29.0 Å².